The van der Waals surface area contributed by atoms with Crippen LogP contribution in [-0.2, 0) is 0 Å². The summed E-state index contributed by atoms with van der Waals surface area (Å²) in [6, 6.07) is 0. The van der Waals surface area contributed by atoms with Crippen molar-refractivity contribution in [3.8, 4) is 0 Å². The lowest BCUT2D eigenvalue weighted by Gasteiger charge is -2.23. The molecule has 0 aliphatic heterocycles. The largest absolute Gasteiger partial charge is 0.392 e. The van der Waals surface area contributed by atoms with Crippen LogP contribution < -0.4 is 0 Å². The molecule has 1 fully saturated rings. The Morgan fingerprint density at radius 1 is 1.55 bits per heavy atom. The van der Waals surface area contributed by atoms with E-state index in [4.69, 9.17) is 5.11 Å². The summed E-state index contributed by atoms with van der Waals surface area (Å²) in [6.07, 6.45) is 6.30. The molecule has 0 saturated heterocycles. The fraction of sp³-hybridized carbons (Fsp3) is 0.800. The maximum absolute atomic E-state index is 9.00. The molecular weight excluding hydrogens is 136 g/mol. The lowest BCUT2D eigenvalue weighted by molar-refractivity contribution is 0.311. The zero-order chi connectivity index (χ0) is 8.27. The number of allylic oxidation sites excluding steroid dienone is 1. The van der Waals surface area contributed by atoms with Crippen LogP contribution in [0, 0.1) is 11.8 Å². The van der Waals surface area contributed by atoms with E-state index in [1.165, 1.54) is 24.8 Å². The average Bonchev–Trinajstić information content (AvgIpc) is 1.85. The van der Waals surface area contributed by atoms with Gasteiger partial charge in [0, 0.05) is 0 Å². The number of hydrogen-bond donors (Lipinski definition) is 1. The molecule has 0 spiro atoms. The van der Waals surface area contributed by atoms with E-state index in [-0.39, 0.29) is 6.61 Å². The van der Waals surface area contributed by atoms with Gasteiger partial charge in [-0.25, -0.2) is 0 Å². The maximum atomic E-state index is 9.00. The molecule has 0 bridgehead atoms. The molecule has 1 nitrogen and oxygen atoms in total. The van der Waals surface area contributed by atoms with Crippen molar-refractivity contribution in [1.29, 1.82) is 0 Å². The number of rotatable bonds is 3. The van der Waals surface area contributed by atoms with Crippen molar-refractivity contribution in [3.05, 3.63) is 11.6 Å². The van der Waals surface area contributed by atoms with Crippen LogP contribution in [0.3, 0.4) is 0 Å². The summed E-state index contributed by atoms with van der Waals surface area (Å²) in [7, 11) is 0. The Bertz CT molecular complexity index is 143. The van der Waals surface area contributed by atoms with E-state index in [0.717, 1.165) is 5.92 Å². The summed E-state index contributed by atoms with van der Waals surface area (Å²) in [5.74, 6) is 1.29. The number of aliphatic hydroxyl groups is 1. The molecule has 1 aliphatic carbocycles. The lowest BCUT2D eigenvalue weighted by atomic mass is 9.83. The van der Waals surface area contributed by atoms with Crippen LogP contribution in [0.1, 0.15) is 33.1 Å². The second-order valence-corrected chi connectivity index (χ2v) is 3.75. The minimum absolute atomic E-state index is 0.244. The SMILES string of the molecule is CC(C)/C(=C\C1CCC1)CO. The molecule has 0 aromatic rings. The van der Waals surface area contributed by atoms with E-state index >= 15 is 0 Å². The zero-order valence-corrected chi connectivity index (χ0v) is 7.51. The number of hydrogen-bond acceptors (Lipinski definition) is 1. The van der Waals surface area contributed by atoms with E-state index < -0.39 is 0 Å². The van der Waals surface area contributed by atoms with E-state index in [0.29, 0.717) is 5.92 Å². The summed E-state index contributed by atoms with van der Waals surface area (Å²) >= 11 is 0. The third-order valence-corrected chi connectivity index (χ3v) is 2.52. The van der Waals surface area contributed by atoms with Gasteiger partial charge in [0.15, 0.2) is 0 Å². The molecule has 0 aromatic heterocycles. The molecule has 1 N–H and O–H groups in total. The van der Waals surface area contributed by atoms with Crippen LogP contribution in [0.2, 0.25) is 0 Å². The Labute approximate surface area is 69.1 Å². The van der Waals surface area contributed by atoms with Gasteiger partial charge >= 0.3 is 0 Å². The van der Waals surface area contributed by atoms with Gasteiger partial charge in [0.05, 0.1) is 6.61 Å². The van der Waals surface area contributed by atoms with Gasteiger partial charge in [-0.2, -0.15) is 0 Å². The van der Waals surface area contributed by atoms with Gasteiger partial charge in [0.25, 0.3) is 0 Å². The molecule has 0 heterocycles. The van der Waals surface area contributed by atoms with E-state index in [1.54, 1.807) is 0 Å². The first-order valence-electron chi connectivity index (χ1n) is 4.55. The highest BCUT2D eigenvalue weighted by Crippen LogP contribution is 2.29. The third-order valence-electron chi connectivity index (χ3n) is 2.52. The Kier molecular flexibility index (Phi) is 3.13. The fourth-order valence-electron chi connectivity index (χ4n) is 1.34. The highest BCUT2D eigenvalue weighted by atomic mass is 16.3. The van der Waals surface area contributed by atoms with Crippen molar-refractivity contribution >= 4 is 0 Å². The topological polar surface area (TPSA) is 20.2 Å². The van der Waals surface area contributed by atoms with E-state index in [1.807, 2.05) is 0 Å². The van der Waals surface area contributed by atoms with Crippen molar-refractivity contribution in [2.75, 3.05) is 6.61 Å². The molecule has 1 aliphatic rings. The quantitative estimate of drug-likeness (QED) is 0.619. The van der Waals surface area contributed by atoms with Crippen molar-refractivity contribution in [2.24, 2.45) is 11.8 Å². The molecule has 1 saturated carbocycles. The molecular formula is C10H18O. The molecule has 1 heteroatoms. The van der Waals surface area contributed by atoms with Gasteiger partial charge in [-0.3, -0.25) is 0 Å². The third kappa shape index (κ3) is 2.33. The maximum Gasteiger partial charge on any atom is 0.0644 e. The summed E-state index contributed by atoms with van der Waals surface area (Å²) in [5, 5.41) is 9.00. The van der Waals surface area contributed by atoms with Crippen LogP contribution >= 0.6 is 0 Å². The Morgan fingerprint density at radius 2 is 2.18 bits per heavy atom. The first-order valence-corrected chi connectivity index (χ1v) is 4.55. The first kappa shape index (κ1) is 8.79. The zero-order valence-electron chi connectivity index (χ0n) is 7.51. The monoisotopic (exact) mass is 154 g/mol. The smallest absolute Gasteiger partial charge is 0.0644 e. The second kappa shape index (κ2) is 3.91. The number of aliphatic hydroxyl groups excluding tert-OH is 1. The molecule has 0 unspecified atom stereocenters. The molecule has 0 atom stereocenters. The minimum Gasteiger partial charge on any atom is -0.392 e. The molecule has 64 valence electrons. The minimum atomic E-state index is 0.244. The van der Waals surface area contributed by atoms with Crippen LogP contribution in [0.5, 0.6) is 0 Å². The summed E-state index contributed by atoms with van der Waals surface area (Å²) < 4.78 is 0. The van der Waals surface area contributed by atoms with Gasteiger partial charge < -0.3 is 5.11 Å². The van der Waals surface area contributed by atoms with Crippen LogP contribution in [0.4, 0.5) is 0 Å². The van der Waals surface area contributed by atoms with Crippen molar-refractivity contribution in [2.45, 2.75) is 33.1 Å². The van der Waals surface area contributed by atoms with Crippen LogP contribution in [-0.4, -0.2) is 11.7 Å². The van der Waals surface area contributed by atoms with Gasteiger partial charge in [-0.1, -0.05) is 26.3 Å². The Balaban J connectivity index is 2.44. The normalized spacial score (nSPS) is 20.5. The van der Waals surface area contributed by atoms with Gasteiger partial charge in [-0.15, -0.1) is 0 Å². The molecule has 1 rings (SSSR count). The predicted octanol–water partition coefficient (Wildman–Crippen LogP) is 2.36. The second-order valence-electron chi connectivity index (χ2n) is 3.75. The van der Waals surface area contributed by atoms with Gasteiger partial charge in [0.1, 0.15) is 0 Å². The fourth-order valence-corrected chi connectivity index (χ4v) is 1.34. The highest BCUT2D eigenvalue weighted by Gasteiger charge is 2.15. The Morgan fingerprint density at radius 3 is 2.45 bits per heavy atom. The summed E-state index contributed by atoms with van der Waals surface area (Å²) in [6.45, 7) is 4.52. The van der Waals surface area contributed by atoms with Crippen molar-refractivity contribution in [1.82, 2.24) is 0 Å². The molecule has 0 amide bonds. The molecule has 0 radical (unpaired) electrons. The standard InChI is InChI=1S/C10H18O/c1-8(2)10(7-11)6-9-4-3-5-9/h6,8-9,11H,3-5,7H2,1-2H3/b10-6-. The average molecular weight is 154 g/mol. The van der Waals surface area contributed by atoms with Crippen LogP contribution in [0.15, 0.2) is 11.6 Å². The first-order chi connectivity index (χ1) is 5.24. The Hall–Kier alpha value is -0.300. The molecule has 0 aromatic carbocycles. The van der Waals surface area contributed by atoms with Gasteiger partial charge in [0.2, 0.25) is 0 Å². The van der Waals surface area contributed by atoms with Crippen LogP contribution in [0.25, 0.3) is 0 Å². The highest BCUT2D eigenvalue weighted by molar-refractivity contribution is 5.08. The van der Waals surface area contributed by atoms with Crippen molar-refractivity contribution in [3.63, 3.8) is 0 Å². The van der Waals surface area contributed by atoms with E-state index in [2.05, 4.69) is 19.9 Å². The van der Waals surface area contributed by atoms with E-state index in [9.17, 15) is 0 Å². The summed E-state index contributed by atoms with van der Waals surface area (Å²) in [4.78, 5) is 0. The molecule has 11 heavy (non-hydrogen) atoms. The predicted molar refractivity (Wildman–Crippen MR) is 47.3 cm³/mol. The lowest BCUT2D eigenvalue weighted by Crippen LogP contribution is -2.11. The van der Waals surface area contributed by atoms with Crippen molar-refractivity contribution < 1.29 is 5.11 Å². The summed E-state index contributed by atoms with van der Waals surface area (Å²) in [5.41, 5.74) is 1.22. The van der Waals surface area contributed by atoms with Gasteiger partial charge in [-0.05, 0) is 30.3 Å².